The van der Waals surface area contributed by atoms with E-state index in [1.54, 1.807) is 19.1 Å². The molecule has 1 aliphatic rings. The number of benzene rings is 2. The molecule has 148 valence electrons. The van der Waals surface area contributed by atoms with Crippen molar-refractivity contribution in [2.24, 2.45) is 0 Å². The van der Waals surface area contributed by atoms with Gasteiger partial charge in [0, 0.05) is 49.5 Å². The van der Waals surface area contributed by atoms with E-state index < -0.39 is 0 Å². The summed E-state index contributed by atoms with van der Waals surface area (Å²) in [5.41, 5.74) is 2.68. The van der Waals surface area contributed by atoms with E-state index in [0.717, 1.165) is 37.4 Å². The lowest BCUT2D eigenvalue weighted by atomic mass is 10.2. The molecule has 0 atom stereocenters. The van der Waals surface area contributed by atoms with Crippen molar-refractivity contribution in [1.29, 1.82) is 0 Å². The summed E-state index contributed by atoms with van der Waals surface area (Å²) in [6.07, 6.45) is 0. The molecule has 0 radical (unpaired) electrons. The van der Waals surface area contributed by atoms with Crippen LogP contribution in [0.5, 0.6) is 5.75 Å². The predicted octanol–water partition coefficient (Wildman–Crippen LogP) is 3.33. The number of anilines is 2. The molecule has 7 heteroatoms. The number of rotatable bonds is 5. The molecule has 3 rings (SSSR count). The summed E-state index contributed by atoms with van der Waals surface area (Å²) in [5, 5.41) is 3.38. The van der Waals surface area contributed by atoms with Gasteiger partial charge in [0.1, 0.15) is 5.75 Å². The zero-order valence-corrected chi connectivity index (χ0v) is 16.8. The Kier molecular flexibility index (Phi) is 6.41. The van der Waals surface area contributed by atoms with Crippen LogP contribution in [-0.2, 0) is 9.59 Å². The smallest absolute Gasteiger partial charge is 0.262 e. The van der Waals surface area contributed by atoms with Gasteiger partial charge in [-0.05, 0) is 48.9 Å². The van der Waals surface area contributed by atoms with Crippen LogP contribution in [-0.4, -0.2) is 49.5 Å². The third kappa shape index (κ3) is 5.16. The third-order valence-corrected chi connectivity index (χ3v) is 5.16. The zero-order valence-electron chi connectivity index (χ0n) is 16.1. The minimum Gasteiger partial charge on any atom is -0.484 e. The van der Waals surface area contributed by atoms with E-state index in [-0.39, 0.29) is 18.4 Å². The second-order valence-corrected chi connectivity index (χ2v) is 7.20. The molecular formula is C21H24ClN3O3. The SMILES string of the molecule is CC(=O)N1CCN(c2ccc(OCC(=O)Nc3ccc(C)c(Cl)c3)cc2)CC1. The number of hydrogen-bond acceptors (Lipinski definition) is 4. The van der Waals surface area contributed by atoms with Crippen LogP contribution in [0, 0.1) is 6.92 Å². The van der Waals surface area contributed by atoms with E-state index in [4.69, 9.17) is 16.3 Å². The van der Waals surface area contributed by atoms with Gasteiger partial charge in [0.25, 0.3) is 5.91 Å². The number of ether oxygens (including phenoxy) is 1. The molecule has 1 fully saturated rings. The van der Waals surface area contributed by atoms with Crippen molar-refractivity contribution in [3.63, 3.8) is 0 Å². The normalized spacial score (nSPS) is 14.0. The van der Waals surface area contributed by atoms with Gasteiger partial charge in [-0.15, -0.1) is 0 Å². The van der Waals surface area contributed by atoms with Crippen LogP contribution >= 0.6 is 11.6 Å². The topological polar surface area (TPSA) is 61.9 Å². The molecule has 2 amide bonds. The quantitative estimate of drug-likeness (QED) is 0.834. The standard InChI is InChI=1S/C21H24ClN3O3/c1-15-3-4-17(13-20(15)22)23-21(27)14-28-19-7-5-18(6-8-19)25-11-9-24(10-12-25)16(2)26/h3-8,13H,9-12,14H2,1-2H3,(H,23,27). The monoisotopic (exact) mass is 401 g/mol. The van der Waals surface area contributed by atoms with Gasteiger partial charge in [0.2, 0.25) is 5.91 Å². The fraction of sp³-hybridized carbons (Fsp3) is 0.333. The average molecular weight is 402 g/mol. The van der Waals surface area contributed by atoms with Gasteiger partial charge in [-0.3, -0.25) is 9.59 Å². The Balaban J connectivity index is 1.48. The third-order valence-electron chi connectivity index (χ3n) is 4.75. The summed E-state index contributed by atoms with van der Waals surface area (Å²) in [6.45, 7) is 6.51. The summed E-state index contributed by atoms with van der Waals surface area (Å²) in [5.74, 6) is 0.502. The highest BCUT2D eigenvalue weighted by Gasteiger charge is 2.18. The first-order chi connectivity index (χ1) is 13.4. The van der Waals surface area contributed by atoms with Crippen LogP contribution in [0.3, 0.4) is 0 Å². The molecule has 0 spiro atoms. The van der Waals surface area contributed by atoms with Crippen molar-refractivity contribution in [2.75, 3.05) is 43.0 Å². The Bertz CT molecular complexity index is 846. The van der Waals surface area contributed by atoms with Crippen LogP contribution in [0.4, 0.5) is 11.4 Å². The molecule has 1 saturated heterocycles. The maximum atomic E-state index is 12.1. The van der Waals surface area contributed by atoms with Crippen LogP contribution in [0.2, 0.25) is 5.02 Å². The van der Waals surface area contributed by atoms with Crippen molar-refractivity contribution in [1.82, 2.24) is 4.90 Å². The van der Waals surface area contributed by atoms with Crippen molar-refractivity contribution >= 4 is 34.8 Å². The number of amides is 2. The Hall–Kier alpha value is -2.73. The number of carbonyl (C=O) groups excluding carboxylic acids is 2. The molecule has 1 aliphatic heterocycles. The Morgan fingerprint density at radius 3 is 2.36 bits per heavy atom. The van der Waals surface area contributed by atoms with E-state index in [2.05, 4.69) is 10.2 Å². The highest BCUT2D eigenvalue weighted by atomic mass is 35.5. The van der Waals surface area contributed by atoms with Gasteiger partial charge in [0.15, 0.2) is 6.61 Å². The number of halogens is 1. The second-order valence-electron chi connectivity index (χ2n) is 6.79. The van der Waals surface area contributed by atoms with E-state index in [1.165, 1.54) is 0 Å². The fourth-order valence-electron chi connectivity index (χ4n) is 3.05. The van der Waals surface area contributed by atoms with Crippen LogP contribution in [0.1, 0.15) is 12.5 Å². The molecule has 1 heterocycles. The molecule has 0 bridgehead atoms. The van der Waals surface area contributed by atoms with E-state index in [1.807, 2.05) is 42.2 Å². The fourth-order valence-corrected chi connectivity index (χ4v) is 3.23. The molecule has 0 aliphatic carbocycles. The molecule has 2 aromatic carbocycles. The number of hydrogen-bond donors (Lipinski definition) is 1. The van der Waals surface area contributed by atoms with Gasteiger partial charge >= 0.3 is 0 Å². The maximum absolute atomic E-state index is 12.1. The summed E-state index contributed by atoms with van der Waals surface area (Å²) in [4.78, 5) is 27.6. The Morgan fingerprint density at radius 2 is 1.75 bits per heavy atom. The molecular weight excluding hydrogens is 378 g/mol. The summed E-state index contributed by atoms with van der Waals surface area (Å²) in [7, 11) is 0. The minimum atomic E-state index is -0.246. The van der Waals surface area contributed by atoms with E-state index in [0.29, 0.717) is 16.5 Å². The van der Waals surface area contributed by atoms with Gasteiger partial charge in [0.05, 0.1) is 0 Å². The Labute approximate surface area is 170 Å². The number of carbonyl (C=O) groups is 2. The lowest BCUT2D eigenvalue weighted by molar-refractivity contribution is -0.129. The highest BCUT2D eigenvalue weighted by Crippen LogP contribution is 2.22. The van der Waals surface area contributed by atoms with Gasteiger partial charge in [-0.1, -0.05) is 17.7 Å². The number of aryl methyl sites for hydroxylation is 1. The largest absolute Gasteiger partial charge is 0.484 e. The van der Waals surface area contributed by atoms with Crippen molar-refractivity contribution in [3.8, 4) is 5.75 Å². The first-order valence-electron chi connectivity index (χ1n) is 9.22. The number of nitrogens with one attached hydrogen (secondary N) is 1. The van der Waals surface area contributed by atoms with Gasteiger partial charge in [-0.2, -0.15) is 0 Å². The molecule has 0 unspecified atom stereocenters. The molecule has 0 saturated carbocycles. The Morgan fingerprint density at radius 1 is 1.07 bits per heavy atom. The lowest BCUT2D eigenvalue weighted by Gasteiger charge is -2.35. The molecule has 1 N–H and O–H groups in total. The van der Waals surface area contributed by atoms with Gasteiger partial charge in [-0.25, -0.2) is 0 Å². The highest BCUT2D eigenvalue weighted by molar-refractivity contribution is 6.31. The minimum absolute atomic E-state index is 0.0812. The zero-order chi connectivity index (χ0) is 20.1. The molecule has 6 nitrogen and oxygen atoms in total. The van der Waals surface area contributed by atoms with Crippen molar-refractivity contribution < 1.29 is 14.3 Å². The van der Waals surface area contributed by atoms with Crippen molar-refractivity contribution in [2.45, 2.75) is 13.8 Å². The van der Waals surface area contributed by atoms with Crippen LogP contribution < -0.4 is 15.0 Å². The molecule has 2 aromatic rings. The first-order valence-corrected chi connectivity index (χ1v) is 9.59. The second kappa shape index (κ2) is 8.97. The van der Waals surface area contributed by atoms with Gasteiger partial charge < -0.3 is 19.9 Å². The summed E-state index contributed by atoms with van der Waals surface area (Å²) in [6, 6.07) is 13.0. The molecule has 0 aromatic heterocycles. The number of nitrogens with zero attached hydrogens (tertiary/aromatic N) is 2. The maximum Gasteiger partial charge on any atom is 0.262 e. The van der Waals surface area contributed by atoms with Crippen LogP contribution in [0.25, 0.3) is 0 Å². The predicted molar refractivity (Wildman–Crippen MR) is 111 cm³/mol. The summed E-state index contributed by atoms with van der Waals surface area (Å²) >= 11 is 6.07. The molecule has 28 heavy (non-hydrogen) atoms. The van der Waals surface area contributed by atoms with Crippen molar-refractivity contribution in [3.05, 3.63) is 53.1 Å². The van der Waals surface area contributed by atoms with Crippen LogP contribution in [0.15, 0.2) is 42.5 Å². The van der Waals surface area contributed by atoms with E-state index in [9.17, 15) is 9.59 Å². The number of piperazine rings is 1. The lowest BCUT2D eigenvalue weighted by Crippen LogP contribution is -2.48. The van der Waals surface area contributed by atoms with E-state index >= 15 is 0 Å². The average Bonchev–Trinajstić information content (AvgIpc) is 2.70. The first kappa shape index (κ1) is 20.0. The summed E-state index contributed by atoms with van der Waals surface area (Å²) < 4.78 is 5.57.